The summed E-state index contributed by atoms with van der Waals surface area (Å²) in [5.74, 6) is 0.501. The molecule has 1 aliphatic heterocycles. The molecule has 0 saturated carbocycles. The van der Waals surface area contributed by atoms with E-state index in [9.17, 15) is 18.0 Å². The highest BCUT2D eigenvalue weighted by Crippen LogP contribution is 2.35. The van der Waals surface area contributed by atoms with Crippen molar-refractivity contribution in [3.8, 4) is 11.4 Å². The van der Waals surface area contributed by atoms with Crippen molar-refractivity contribution >= 4 is 17.3 Å². The summed E-state index contributed by atoms with van der Waals surface area (Å²) in [5, 5.41) is 6.92. The highest BCUT2D eigenvalue weighted by molar-refractivity contribution is 5.94. The van der Waals surface area contributed by atoms with Crippen molar-refractivity contribution in [2.24, 2.45) is 0 Å². The quantitative estimate of drug-likeness (QED) is 0.648. The third kappa shape index (κ3) is 4.91. The fraction of sp³-hybridized carbons (Fsp3) is 0.318. The van der Waals surface area contributed by atoms with Crippen molar-refractivity contribution in [2.75, 3.05) is 36.5 Å². The molecule has 3 aromatic rings. The summed E-state index contributed by atoms with van der Waals surface area (Å²) >= 11 is 0. The first kappa shape index (κ1) is 21.8. The minimum atomic E-state index is -4.52. The zero-order chi connectivity index (χ0) is 22.7. The smallest absolute Gasteiger partial charge is 0.378 e. The number of aryl methyl sites for hydroxylation is 1. The lowest BCUT2D eigenvalue weighted by molar-refractivity contribution is -0.137. The van der Waals surface area contributed by atoms with Crippen LogP contribution in [0.5, 0.6) is 0 Å². The molecule has 32 heavy (non-hydrogen) atoms. The number of hydrogen-bond donors (Lipinski definition) is 1. The Kier molecular flexibility index (Phi) is 6.13. The van der Waals surface area contributed by atoms with Gasteiger partial charge in [0.1, 0.15) is 12.4 Å². The zero-order valence-electron chi connectivity index (χ0n) is 17.4. The largest absolute Gasteiger partial charge is 0.416 e. The molecule has 0 bridgehead atoms. The molecule has 7 nitrogen and oxygen atoms in total. The van der Waals surface area contributed by atoms with Crippen molar-refractivity contribution in [3.05, 3.63) is 59.9 Å². The summed E-state index contributed by atoms with van der Waals surface area (Å²) in [7, 11) is 0. The lowest BCUT2D eigenvalue weighted by Gasteiger charge is -2.31. The van der Waals surface area contributed by atoms with Crippen molar-refractivity contribution in [1.82, 2.24) is 14.8 Å². The van der Waals surface area contributed by atoms with E-state index in [1.807, 2.05) is 35.2 Å². The summed E-state index contributed by atoms with van der Waals surface area (Å²) in [5.41, 5.74) is 0.581. The number of morpholine rings is 1. The van der Waals surface area contributed by atoms with E-state index in [1.165, 1.54) is 10.7 Å². The Balaban J connectivity index is 1.60. The molecule has 1 aliphatic rings. The van der Waals surface area contributed by atoms with E-state index in [0.29, 0.717) is 43.6 Å². The maximum atomic E-state index is 13.3. The molecular weight excluding hydrogens is 423 g/mol. The molecule has 1 aromatic heterocycles. The minimum Gasteiger partial charge on any atom is -0.378 e. The Bertz CT molecular complexity index is 1090. The van der Waals surface area contributed by atoms with Gasteiger partial charge in [0, 0.05) is 18.7 Å². The topological polar surface area (TPSA) is 72.3 Å². The average Bonchev–Trinajstić information content (AvgIpc) is 3.14. The number of nitrogens with zero attached hydrogens (tertiary/aromatic N) is 4. The van der Waals surface area contributed by atoms with Gasteiger partial charge in [-0.2, -0.15) is 18.3 Å². The summed E-state index contributed by atoms with van der Waals surface area (Å²) in [6.07, 6.45) is -4.52. The third-order valence-electron chi connectivity index (χ3n) is 5.05. The second kappa shape index (κ2) is 8.99. The molecule has 0 spiro atoms. The van der Waals surface area contributed by atoms with Crippen LogP contribution in [-0.2, 0) is 22.3 Å². The van der Waals surface area contributed by atoms with Crippen molar-refractivity contribution in [2.45, 2.75) is 19.6 Å². The first-order valence-electron chi connectivity index (χ1n) is 10.1. The van der Waals surface area contributed by atoms with E-state index >= 15 is 0 Å². The van der Waals surface area contributed by atoms with Crippen LogP contribution >= 0.6 is 0 Å². The van der Waals surface area contributed by atoms with Crippen LogP contribution in [0.4, 0.5) is 24.5 Å². The number of rotatable bonds is 5. The Morgan fingerprint density at radius 2 is 1.84 bits per heavy atom. The highest BCUT2D eigenvalue weighted by atomic mass is 19.4. The van der Waals surface area contributed by atoms with E-state index in [0.717, 1.165) is 17.7 Å². The number of aromatic nitrogens is 3. The van der Waals surface area contributed by atoms with Gasteiger partial charge in [-0.15, -0.1) is 0 Å². The number of halogens is 3. The number of ether oxygens (including phenoxy) is 1. The molecule has 1 N–H and O–H groups in total. The lowest BCUT2D eigenvalue weighted by Crippen LogP contribution is -2.37. The molecule has 1 fully saturated rings. The van der Waals surface area contributed by atoms with Gasteiger partial charge in [-0.3, -0.25) is 4.79 Å². The van der Waals surface area contributed by atoms with Crippen LogP contribution in [0.2, 0.25) is 0 Å². The van der Waals surface area contributed by atoms with Crippen LogP contribution in [0.15, 0.2) is 48.5 Å². The number of nitrogens with one attached hydrogen (secondary N) is 1. The van der Waals surface area contributed by atoms with Crippen molar-refractivity contribution in [3.63, 3.8) is 0 Å². The Hall–Kier alpha value is -3.40. The van der Waals surface area contributed by atoms with Crippen LogP contribution in [0.3, 0.4) is 0 Å². The average molecular weight is 445 g/mol. The highest BCUT2D eigenvalue weighted by Gasteiger charge is 2.32. The summed E-state index contributed by atoms with van der Waals surface area (Å²) < 4.78 is 46.7. The SMILES string of the molecule is Cc1nc(-c2ccccc2)n(CC(=O)Nc2cc(C(F)(F)F)ccc2N2CCOCC2)n1. The molecule has 1 amide bonds. The molecule has 10 heteroatoms. The van der Waals surface area contributed by atoms with Gasteiger partial charge < -0.3 is 15.0 Å². The number of carbonyl (C=O) groups excluding carboxylic acids is 1. The van der Waals surface area contributed by atoms with Gasteiger partial charge in [-0.1, -0.05) is 30.3 Å². The van der Waals surface area contributed by atoms with Gasteiger partial charge >= 0.3 is 6.18 Å². The van der Waals surface area contributed by atoms with Crippen LogP contribution in [0.1, 0.15) is 11.4 Å². The van der Waals surface area contributed by atoms with Crippen LogP contribution in [0.25, 0.3) is 11.4 Å². The number of anilines is 2. The van der Waals surface area contributed by atoms with E-state index < -0.39 is 17.6 Å². The van der Waals surface area contributed by atoms with E-state index in [2.05, 4.69) is 15.4 Å². The van der Waals surface area contributed by atoms with Gasteiger partial charge in [0.05, 0.1) is 30.2 Å². The second-order valence-electron chi connectivity index (χ2n) is 7.38. The molecule has 2 aromatic carbocycles. The summed E-state index contributed by atoms with van der Waals surface area (Å²) in [6, 6.07) is 12.6. The van der Waals surface area contributed by atoms with Crippen molar-refractivity contribution < 1.29 is 22.7 Å². The first-order valence-corrected chi connectivity index (χ1v) is 10.1. The predicted octanol–water partition coefficient (Wildman–Crippen LogP) is 3.75. The van der Waals surface area contributed by atoms with Gasteiger partial charge in [0.25, 0.3) is 0 Å². The molecule has 2 heterocycles. The van der Waals surface area contributed by atoms with Gasteiger partial charge in [0.2, 0.25) is 5.91 Å². The van der Waals surface area contributed by atoms with Crippen LogP contribution in [0, 0.1) is 6.92 Å². The Morgan fingerprint density at radius 3 is 2.53 bits per heavy atom. The van der Waals surface area contributed by atoms with Gasteiger partial charge in [-0.05, 0) is 25.1 Å². The Morgan fingerprint density at radius 1 is 1.12 bits per heavy atom. The number of hydrogen-bond acceptors (Lipinski definition) is 5. The second-order valence-corrected chi connectivity index (χ2v) is 7.38. The predicted molar refractivity (Wildman–Crippen MR) is 113 cm³/mol. The maximum absolute atomic E-state index is 13.3. The summed E-state index contributed by atoms with van der Waals surface area (Å²) in [6.45, 7) is 3.50. The van der Waals surface area contributed by atoms with Crippen LogP contribution in [-0.4, -0.2) is 47.0 Å². The van der Waals surface area contributed by atoms with Crippen molar-refractivity contribution in [1.29, 1.82) is 0 Å². The fourth-order valence-corrected chi connectivity index (χ4v) is 3.58. The maximum Gasteiger partial charge on any atom is 0.416 e. The first-order chi connectivity index (χ1) is 15.3. The number of alkyl halides is 3. The standard InChI is InChI=1S/C22H22F3N5O2/c1-15-26-21(16-5-3-2-4-6-16)30(28-15)14-20(31)27-18-13-17(22(23,24)25)7-8-19(18)29-9-11-32-12-10-29/h2-8,13H,9-12,14H2,1H3,(H,27,31). The normalized spacial score (nSPS) is 14.4. The van der Waals surface area contributed by atoms with Gasteiger partial charge in [0.15, 0.2) is 5.82 Å². The molecule has 4 rings (SSSR count). The summed E-state index contributed by atoms with van der Waals surface area (Å²) in [4.78, 5) is 19.1. The molecule has 0 aliphatic carbocycles. The third-order valence-corrected chi connectivity index (χ3v) is 5.05. The zero-order valence-corrected chi connectivity index (χ0v) is 17.4. The Labute approximate surface area is 182 Å². The lowest BCUT2D eigenvalue weighted by atomic mass is 10.1. The van der Waals surface area contributed by atoms with E-state index in [4.69, 9.17) is 4.74 Å². The molecule has 0 atom stereocenters. The molecule has 1 saturated heterocycles. The number of carbonyl (C=O) groups is 1. The fourth-order valence-electron chi connectivity index (χ4n) is 3.58. The monoisotopic (exact) mass is 445 g/mol. The van der Waals surface area contributed by atoms with Crippen LogP contribution < -0.4 is 10.2 Å². The minimum absolute atomic E-state index is 0.102. The molecule has 0 unspecified atom stereocenters. The molecular formula is C22H22F3N5O2. The van der Waals surface area contributed by atoms with E-state index in [-0.39, 0.29) is 12.2 Å². The number of benzene rings is 2. The molecule has 0 radical (unpaired) electrons. The number of amides is 1. The molecule has 168 valence electrons. The van der Waals surface area contributed by atoms with Gasteiger partial charge in [-0.25, -0.2) is 9.67 Å². The van der Waals surface area contributed by atoms with E-state index in [1.54, 1.807) is 6.92 Å².